The highest BCUT2D eigenvalue weighted by Gasteiger charge is 2.06. The SMILES string of the molecule is Fc1[c]c(C(F)F)ccc1. The molecule has 0 heterocycles. The van der Waals surface area contributed by atoms with Crippen LogP contribution in [0.2, 0.25) is 0 Å². The minimum atomic E-state index is -2.64. The van der Waals surface area contributed by atoms with Gasteiger partial charge in [-0.15, -0.1) is 0 Å². The molecule has 0 aromatic heterocycles. The molecular formula is C7H4F3. The molecule has 0 amide bonds. The van der Waals surface area contributed by atoms with Crippen LogP contribution >= 0.6 is 0 Å². The first-order chi connectivity index (χ1) is 4.70. The maximum atomic E-state index is 12.1. The Kier molecular flexibility index (Phi) is 1.94. The Labute approximate surface area is 56.3 Å². The van der Waals surface area contributed by atoms with Crippen molar-refractivity contribution in [1.29, 1.82) is 0 Å². The van der Waals surface area contributed by atoms with Gasteiger partial charge in [0.05, 0.1) is 0 Å². The van der Waals surface area contributed by atoms with E-state index in [2.05, 4.69) is 0 Å². The molecular weight excluding hydrogens is 141 g/mol. The van der Waals surface area contributed by atoms with Gasteiger partial charge in [0.15, 0.2) is 0 Å². The summed E-state index contributed by atoms with van der Waals surface area (Å²) in [6, 6.07) is 5.33. The van der Waals surface area contributed by atoms with Crippen LogP contribution in [-0.2, 0) is 0 Å². The molecule has 1 aromatic carbocycles. The van der Waals surface area contributed by atoms with Crippen molar-refractivity contribution in [3.8, 4) is 0 Å². The zero-order valence-electron chi connectivity index (χ0n) is 4.94. The lowest BCUT2D eigenvalue weighted by molar-refractivity contribution is 0.150. The molecule has 0 bridgehead atoms. The molecule has 53 valence electrons. The summed E-state index contributed by atoms with van der Waals surface area (Å²) < 4.78 is 35.6. The molecule has 0 nitrogen and oxygen atoms in total. The van der Waals surface area contributed by atoms with E-state index in [4.69, 9.17) is 0 Å². The van der Waals surface area contributed by atoms with E-state index in [0.29, 0.717) is 0 Å². The number of rotatable bonds is 1. The fourth-order valence-electron chi connectivity index (χ4n) is 0.585. The number of hydrogen-bond acceptors (Lipinski definition) is 0. The fourth-order valence-corrected chi connectivity index (χ4v) is 0.585. The average Bonchev–Trinajstić information content (AvgIpc) is 1.88. The summed E-state index contributed by atoms with van der Waals surface area (Å²) in [5.41, 5.74) is -0.403. The first kappa shape index (κ1) is 7.12. The Morgan fingerprint density at radius 2 is 2.00 bits per heavy atom. The van der Waals surface area contributed by atoms with Crippen LogP contribution in [0.25, 0.3) is 0 Å². The Balaban J connectivity index is 2.96. The molecule has 0 saturated heterocycles. The molecule has 3 heteroatoms. The minimum absolute atomic E-state index is 0.403. The Hall–Kier alpha value is -0.990. The zero-order valence-corrected chi connectivity index (χ0v) is 4.94. The third-order valence-electron chi connectivity index (χ3n) is 1.02. The van der Waals surface area contributed by atoms with Gasteiger partial charge in [0.25, 0.3) is 6.43 Å². The molecule has 10 heavy (non-hydrogen) atoms. The highest BCUT2D eigenvalue weighted by Crippen LogP contribution is 2.17. The van der Waals surface area contributed by atoms with Gasteiger partial charge in [0.1, 0.15) is 5.82 Å². The summed E-state index contributed by atoms with van der Waals surface area (Å²) in [6.07, 6.45) is -2.64. The predicted molar refractivity (Wildman–Crippen MR) is 30.2 cm³/mol. The van der Waals surface area contributed by atoms with E-state index >= 15 is 0 Å². The van der Waals surface area contributed by atoms with Gasteiger partial charge in [-0.2, -0.15) is 0 Å². The molecule has 0 saturated carbocycles. The van der Waals surface area contributed by atoms with E-state index in [1.807, 2.05) is 6.07 Å². The van der Waals surface area contributed by atoms with Gasteiger partial charge in [-0.05, 0) is 6.07 Å². The van der Waals surface area contributed by atoms with Crippen molar-refractivity contribution in [1.82, 2.24) is 0 Å². The second kappa shape index (κ2) is 2.73. The van der Waals surface area contributed by atoms with E-state index in [1.54, 1.807) is 0 Å². The van der Waals surface area contributed by atoms with Gasteiger partial charge in [-0.25, -0.2) is 13.2 Å². The van der Waals surface area contributed by atoms with Crippen LogP contribution in [0.15, 0.2) is 18.2 Å². The van der Waals surface area contributed by atoms with Crippen molar-refractivity contribution in [2.45, 2.75) is 6.43 Å². The van der Waals surface area contributed by atoms with E-state index in [0.717, 1.165) is 12.1 Å². The Morgan fingerprint density at radius 3 is 2.40 bits per heavy atom. The molecule has 0 aliphatic rings. The first-order valence-corrected chi connectivity index (χ1v) is 2.66. The second-order valence-corrected chi connectivity index (χ2v) is 1.75. The summed E-state index contributed by atoms with van der Waals surface area (Å²) >= 11 is 0. The van der Waals surface area contributed by atoms with Crippen molar-refractivity contribution in [2.75, 3.05) is 0 Å². The van der Waals surface area contributed by atoms with Crippen molar-refractivity contribution in [3.05, 3.63) is 35.6 Å². The molecule has 0 N–H and O–H groups in total. The maximum Gasteiger partial charge on any atom is 0.264 e. The largest absolute Gasteiger partial charge is 0.264 e. The standard InChI is InChI=1S/C7H4F3/c8-6-3-1-2-5(4-6)7(9)10/h1-3,7H. The fraction of sp³-hybridized carbons (Fsp3) is 0.143. The quantitative estimate of drug-likeness (QED) is 0.569. The monoisotopic (exact) mass is 145 g/mol. The van der Waals surface area contributed by atoms with Crippen LogP contribution in [0.5, 0.6) is 0 Å². The van der Waals surface area contributed by atoms with E-state index in [-0.39, 0.29) is 0 Å². The highest BCUT2D eigenvalue weighted by atomic mass is 19.3. The molecule has 0 atom stereocenters. The van der Waals surface area contributed by atoms with Crippen LogP contribution in [0.3, 0.4) is 0 Å². The summed E-state index contributed by atoms with van der Waals surface area (Å²) in [7, 11) is 0. The van der Waals surface area contributed by atoms with Crippen LogP contribution in [0, 0.1) is 11.9 Å². The number of hydrogen-bond donors (Lipinski definition) is 0. The molecule has 1 radical (unpaired) electrons. The Bertz CT molecular complexity index is 220. The molecule has 1 aromatic rings. The highest BCUT2D eigenvalue weighted by molar-refractivity contribution is 5.15. The summed E-state index contributed by atoms with van der Waals surface area (Å²) in [6.45, 7) is 0. The molecule has 1 rings (SSSR count). The molecule has 0 fully saturated rings. The van der Waals surface area contributed by atoms with Crippen molar-refractivity contribution in [3.63, 3.8) is 0 Å². The van der Waals surface area contributed by atoms with Gasteiger partial charge in [0.2, 0.25) is 0 Å². The second-order valence-electron chi connectivity index (χ2n) is 1.75. The van der Waals surface area contributed by atoms with Gasteiger partial charge in [-0.1, -0.05) is 12.1 Å². The van der Waals surface area contributed by atoms with Crippen molar-refractivity contribution >= 4 is 0 Å². The topological polar surface area (TPSA) is 0 Å². The lowest BCUT2D eigenvalue weighted by Crippen LogP contribution is -1.84. The summed E-state index contributed by atoms with van der Waals surface area (Å²) in [5, 5.41) is 0. The number of benzene rings is 1. The van der Waals surface area contributed by atoms with Crippen LogP contribution < -0.4 is 0 Å². The third-order valence-corrected chi connectivity index (χ3v) is 1.02. The summed E-state index contributed by atoms with van der Waals surface area (Å²) in [5.74, 6) is -0.752. The minimum Gasteiger partial charge on any atom is -0.206 e. The van der Waals surface area contributed by atoms with Crippen LogP contribution in [-0.4, -0.2) is 0 Å². The van der Waals surface area contributed by atoms with Crippen LogP contribution in [0.4, 0.5) is 13.2 Å². The lowest BCUT2D eigenvalue weighted by atomic mass is 10.2. The van der Waals surface area contributed by atoms with Crippen LogP contribution in [0.1, 0.15) is 12.0 Å². The van der Waals surface area contributed by atoms with Gasteiger partial charge >= 0.3 is 0 Å². The van der Waals surface area contributed by atoms with Crippen molar-refractivity contribution < 1.29 is 13.2 Å². The van der Waals surface area contributed by atoms with Gasteiger partial charge in [0, 0.05) is 11.6 Å². The lowest BCUT2D eigenvalue weighted by Gasteiger charge is -1.95. The third kappa shape index (κ3) is 1.50. The van der Waals surface area contributed by atoms with E-state index in [9.17, 15) is 13.2 Å². The molecule has 0 unspecified atom stereocenters. The number of halogens is 3. The van der Waals surface area contributed by atoms with E-state index < -0.39 is 17.8 Å². The Morgan fingerprint density at radius 1 is 1.30 bits per heavy atom. The maximum absolute atomic E-state index is 12.1. The average molecular weight is 145 g/mol. The smallest absolute Gasteiger partial charge is 0.206 e. The summed E-state index contributed by atoms with van der Waals surface area (Å²) in [4.78, 5) is 0. The van der Waals surface area contributed by atoms with Gasteiger partial charge in [-0.3, -0.25) is 0 Å². The predicted octanol–water partition coefficient (Wildman–Crippen LogP) is 2.56. The first-order valence-electron chi connectivity index (χ1n) is 2.66. The normalized spacial score (nSPS) is 10.4. The van der Waals surface area contributed by atoms with Crippen molar-refractivity contribution in [2.24, 2.45) is 0 Å². The molecule has 0 spiro atoms. The van der Waals surface area contributed by atoms with E-state index in [1.165, 1.54) is 6.07 Å². The number of alkyl halides is 2. The van der Waals surface area contributed by atoms with Gasteiger partial charge < -0.3 is 0 Å². The molecule has 0 aliphatic heterocycles. The zero-order chi connectivity index (χ0) is 7.56. The molecule has 0 aliphatic carbocycles.